The summed E-state index contributed by atoms with van der Waals surface area (Å²) in [6.45, 7) is 0. The molecule has 0 saturated heterocycles. The second-order valence-electron chi connectivity index (χ2n) is 3.86. The number of carbonyl (C=O) groups excluding carboxylic acids is 1. The Labute approximate surface area is 117 Å². The SMILES string of the molecule is O=C(Nc1ccccc1C(F)(F)F)c1ccnc(Cl)c1. The zero-order valence-corrected chi connectivity index (χ0v) is 10.7. The molecule has 0 radical (unpaired) electrons. The van der Waals surface area contributed by atoms with Gasteiger partial charge in [-0.25, -0.2) is 4.98 Å². The summed E-state index contributed by atoms with van der Waals surface area (Å²) in [6, 6.07) is 7.37. The number of nitrogens with one attached hydrogen (secondary N) is 1. The van der Waals surface area contributed by atoms with Crippen LogP contribution in [0.1, 0.15) is 15.9 Å². The van der Waals surface area contributed by atoms with Crippen LogP contribution in [0.25, 0.3) is 0 Å². The molecule has 0 aliphatic carbocycles. The largest absolute Gasteiger partial charge is 0.418 e. The van der Waals surface area contributed by atoms with Crippen molar-refractivity contribution in [2.45, 2.75) is 6.18 Å². The number of para-hydroxylation sites is 1. The van der Waals surface area contributed by atoms with E-state index < -0.39 is 17.6 Å². The van der Waals surface area contributed by atoms with E-state index in [-0.39, 0.29) is 16.4 Å². The number of nitrogens with zero attached hydrogens (tertiary/aromatic N) is 1. The lowest BCUT2D eigenvalue weighted by molar-refractivity contribution is -0.136. The molecule has 1 aromatic heterocycles. The highest BCUT2D eigenvalue weighted by Crippen LogP contribution is 2.34. The number of rotatable bonds is 2. The number of carbonyl (C=O) groups is 1. The zero-order valence-electron chi connectivity index (χ0n) is 9.91. The van der Waals surface area contributed by atoms with Gasteiger partial charge in [-0.05, 0) is 24.3 Å². The standard InChI is InChI=1S/C13H8ClF3N2O/c14-11-7-8(5-6-18-11)12(20)19-10-4-2-1-3-9(10)13(15,16)17/h1-7H,(H,19,20). The van der Waals surface area contributed by atoms with Crippen LogP contribution < -0.4 is 5.32 Å². The fourth-order valence-corrected chi connectivity index (χ4v) is 1.75. The highest BCUT2D eigenvalue weighted by Gasteiger charge is 2.33. The minimum atomic E-state index is -4.54. The molecule has 104 valence electrons. The molecule has 1 N–H and O–H groups in total. The summed E-state index contributed by atoms with van der Waals surface area (Å²) in [6.07, 6.45) is -3.24. The Kier molecular flexibility index (Phi) is 3.94. The highest BCUT2D eigenvalue weighted by molar-refractivity contribution is 6.29. The third kappa shape index (κ3) is 3.27. The maximum Gasteiger partial charge on any atom is 0.418 e. The Hall–Kier alpha value is -2.08. The first-order chi connectivity index (χ1) is 9.38. The predicted molar refractivity (Wildman–Crippen MR) is 68.6 cm³/mol. The first-order valence-corrected chi connectivity index (χ1v) is 5.85. The van der Waals surface area contributed by atoms with Gasteiger partial charge >= 0.3 is 6.18 Å². The van der Waals surface area contributed by atoms with Crippen LogP contribution in [0.15, 0.2) is 42.6 Å². The Balaban J connectivity index is 2.29. The van der Waals surface area contributed by atoms with Crippen LogP contribution in [0, 0.1) is 0 Å². The minimum Gasteiger partial charge on any atom is -0.321 e. The summed E-state index contributed by atoms with van der Waals surface area (Å²) < 4.78 is 38.3. The first-order valence-electron chi connectivity index (χ1n) is 5.47. The molecular formula is C13H8ClF3N2O. The lowest BCUT2D eigenvalue weighted by Crippen LogP contribution is -2.16. The molecule has 0 unspecified atom stereocenters. The van der Waals surface area contributed by atoms with Gasteiger partial charge in [-0.1, -0.05) is 23.7 Å². The summed E-state index contributed by atoms with van der Waals surface area (Å²) >= 11 is 5.62. The van der Waals surface area contributed by atoms with Gasteiger partial charge in [0, 0.05) is 11.8 Å². The van der Waals surface area contributed by atoms with Gasteiger partial charge in [-0.2, -0.15) is 13.2 Å². The summed E-state index contributed by atoms with van der Waals surface area (Å²) in [5.41, 5.74) is -1.09. The van der Waals surface area contributed by atoms with Gasteiger partial charge in [0.25, 0.3) is 5.91 Å². The molecule has 20 heavy (non-hydrogen) atoms. The van der Waals surface area contributed by atoms with Crippen molar-refractivity contribution in [1.29, 1.82) is 0 Å². The number of aromatic nitrogens is 1. The summed E-state index contributed by atoms with van der Waals surface area (Å²) in [7, 11) is 0. The maximum atomic E-state index is 12.8. The lowest BCUT2D eigenvalue weighted by atomic mass is 10.1. The summed E-state index contributed by atoms with van der Waals surface area (Å²) in [5, 5.41) is 2.30. The molecule has 1 heterocycles. The van der Waals surface area contributed by atoms with Gasteiger partial charge in [-0.3, -0.25) is 4.79 Å². The zero-order chi connectivity index (χ0) is 14.8. The number of hydrogen-bond donors (Lipinski definition) is 1. The van der Waals surface area contributed by atoms with Gasteiger partial charge in [-0.15, -0.1) is 0 Å². The third-order valence-electron chi connectivity index (χ3n) is 2.47. The molecule has 0 saturated carbocycles. The van der Waals surface area contributed by atoms with Crippen molar-refractivity contribution >= 4 is 23.2 Å². The first kappa shape index (κ1) is 14.3. The molecule has 0 atom stereocenters. The molecule has 0 fully saturated rings. The van der Waals surface area contributed by atoms with Gasteiger partial charge in [0.2, 0.25) is 0 Å². The highest BCUT2D eigenvalue weighted by atomic mass is 35.5. The average Bonchev–Trinajstić information content (AvgIpc) is 2.38. The van der Waals surface area contributed by atoms with Gasteiger partial charge in [0.15, 0.2) is 0 Å². The van der Waals surface area contributed by atoms with E-state index in [2.05, 4.69) is 10.3 Å². The maximum absolute atomic E-state index is 12.8. The minimum absolute atomic E-state index is 0.0850. The van der Waals surface area contributed by atoms with Gasteiger partial charge < -0.3 is 5.32 Å². The quantitative estimate of drug-likeness (QED) is 0.852. The number of hydrogen-bond acceptors (Lipinski definition) is 2. The van der Waals surface area contributed by atoms with Crippen molar-refractivity contribution in [3.05, 3.63) is 58.9 Å². The lowest BCUT2D eigenvalue weighted by Gasteiger charge is -2.13. The molecule has 3 nitrogen and oxygen atoms in total. The molecule has 2 aromatic rings. The second-order valence-corrected chi connectivity index (χ2v) is 4.25. The van der Waals surface area contributed by atoms with Crippen LogP contribution in [0.3, 0.4) is 0 Å². The van der Waals surface area contributed by atoms with Crippen molar-refractivity contribution in [2.75, 3.05) is 5.32 Å². The Morgan fingerprint density at radius 1 is 1.20 bits per heavy atom. The van der Waals surface area contributed by atoms with E-state index in [1.807, 2.05) is 0 Å². The Morgan fingerprint density at radius 3 is 2.55 bits per heavy atom. The van der Waals surface area contributed by atoms with Crippen LogP contribution >= 0.6 is 11.6 Å². The van der Waals surface area contributed by atoms with Crippen molar-refractivity contribution < 1.29 is 18.0 Å². The van der Waals surface area contributed by atoms with Crippen LogP contribution in [0.2, 0.25) is 5.15 Å². The van der Waals surface area contributed by atoms with Crippen LogP contribution in [-0.4, -0.2) is 10.9 Å². The molecule has 1 amide bonds. The molecule has 0 spiro atoms. The fourth-order valence-electron chi connectivity index (χ4n) is 1.58. The number of amides is 1. The van der Waals surface area contributed by atoms with Gasteiger partial charge in [0.1, 0.15) is 5.15 Å². The summed E-state index contributed by atoms with van der Waals surface area (Å²) in [4.78, 5) is 15.6. The number of pyridine rings is 1. The molecule has 0 aliphatic rings. The van der Waals surface area contributed by atoms with E-state index in [9.17, 15) is 18.0 Å². The normalized spacial score (nSPS) is 11.2. The Morgan fingerprint density at radius 2 is 1.90 bits per heavy atom. The summed E-state index contributed by atoms with van der Waals surface area (Å²) in [5.74, 6) is -0.689. The van der Waals surface area contributed by atoms with E-state index in [1.165, 1.54) is 36.5 Å². The van der Waals surface area contributed by atoms with Crippen molar-refractivity contribution in [3.8, 4) is 0 Å². The van der Waals surface area contributed by atoms with E-state index in [0.29, 0.717) is 0 Å². The van der Waals surface area contributed by atoms with E-state index in [1.54, 1.807) is 0 Å². The molecule has 7 heteroatoms. The molecular weight excluding hydrogens is 293 g/mol. The predicted octanol–water partition coefficient (Wildman–Crippen LogP) is 4.01. The monoisotopic (exact) mass is 300 g/mol. The third-order valence-corrected chi connectivity index (χ3v) is 2.68. The average molecular weight is 301 g/mol. The van der Waals surface area contributed by atoms with E-state index in [0.717, 1.165) is 6.07 Å². The van der Waals surface area contributed by atoms with E-state index in [4.69, 9.17) is 11.6 Å². The molecule has 2 rings (SSSR count). The molecule has 0 bridgehead atoms. The number of alkyl halides is 3. The van der Waals surface area contributed by atoms with Crippen molar-refractivity contribution in [3.63, 3.8) is 0 Å². The van der Waals surface area contributed by atoms with Gasteiger partial charge in [0.05, 0.1) is 11.3 Å². The fraction of sp³-hybridized carbons (Fsp3) is 0.0769. The van der Waals surface area contributed by atoms with Crippen LogP contribution in [-0.2, 0) is 6.18 Å². The van der Waals surface area contributed by atoms with Crippen LogP contribution in [0.4, 0.5) is 18.9 Å². The molecule has 0 aliphatic heterocycles. The van der Waals surface area contributed by atoms with Crippen molar-refractivity contribution in [2.24, 2.45) is 0 Å². The second kappa shape index (κ2) is 5.50. The van der Waals surface area contributed by atoms with E-state index >= 15 is 0 Å². The van der Waals surface area contributed by atoms with Crippen molar-refractivity contribution in [1.82, 2.24) is 4.98 Å². The Bertz CT molecular complexity index is 644. The number of benzene rings is 1. The smallest absolute Gasteiger partial charge is 0.321 e. The number of halogens is 4. The topological polar surface area (TPSA) is 42.0 Å². The molecule has 1 aromatic carbocycles. The van der Waals surface area contributed by atoms with Crippen LogP contribution in [0.5, 0.6) is 0 Å². The number of anilines is 1.